The van der Waals surface area contributed by atoms with Crippen molar-refractivity contribution in [2.75, 3.05) is 20.2 Å². The number of aliphatic hydroxyl groups excluding tert-OH is 1. The van der Waals surface area contributed by atoms with Crippen LogP contribution in [0.15, 0.2) is 0 Å². The van der Waals surface area contributed by atoms with Crippen LogP contribution in [0.5, 0.6) is 0 Å². The van der Waals surface area contributed by atoms with Crippen molar-refractivity contribution >= 4 is 16.0 Å². The molecule has 1 aliphatic carbocycles. The van der Waals surface area contributed by atoms with Gasteiger partial charge in [-0.05, 0) is 32.1 Å². The van der Waals surface area contributed by atoms with Gasteiger partial charge in [-0.3, -0.25) is 4.79 Å². The molecule has 0 radical (unpaired) electrons. The number of ether oxygens (including phenoxy) is 1. The first kappa shape index (κ1) is 15.7. The van der Waals surface area contributed by atoms with Crippen LogP contribution in [0.2, 0.25) is 0 Å². The Bertz CT molecular complexity index is 461. The van der Waals surface area contributed by atoms with Gasteiger partial charge in [0.15, 0.2) is 0 Å². The second-order valence-electron chi connectivity index (χ2n) is 5.79. The lowest BCUT2D eigenvalue weighted by Crippen LogP contribution is -2.41. The molecule has 4 unspecified atom stereocenters. The summed E-state index contributed by atoms with van der Waals surface area (Å²) in [6, 6.07) is 0. The molecule has 0 bridgehead atoms. The van der Waals surface area contributed by atoms with Crippen molar-refractivity contribution in [1.29, 1.82) is 0 Å². The molecule has 0 amide bonds. The number of carbonyl (C=O) groups excluding carboxylic acids is 1. The number of hydrogen-bond donors (Lipinski definition) is 1. The van der Waals surface area contributed by atoms with Gasteiger partial charge in [0.1, 0.15) is 0 Å². The molecule has 2 aliphatic rings. The monoisotopic (exact) mass is 305 g/mol. The van der Waals surface area contributed by atoms with E-state index in [2.05, 4.69) is 0 Å². The molecule has 0 spiro atoms. The number of esters is 1. The van der Waals surface area contributed by atoms with Crippen molar-refractivity contribution in [3.63, 3.8) is 0 Å². The van der Waals surface area contributed by atoms with E-state index in [0.717, 1.165) is 6.42 Å². The lowest BCUT2D eigenvalue weighted by molar-refractivity contribution is -0.145. The zero-order valence-electron chi connectivity index (χ0n) is 12.0. The smallest absolute Gasteiger partial charge is 0.310 e. The molecule has 0 aromatic carbocycles. The van der Waals surface area contributed by atoms with Gasteiger partial charge in [0.05, 0.1) is 24.4 Å². The van der Waals surface area contributed by atoms with E-state index in [1.165, 1.54) is 11.4 Å². The molecular weight excluding hydrogens is 282 g/mol. The second-order valence-corrected chi connectivity index (χ2v) is 7.94. The van der Waals surface area contributed by atoms with Gasteiger partial charge >= 0.3 is 5.97 Å². The summed E-state index contributed by atoms with van der Waals surface area (Å²) in [5.74, 6) is -0.985. The Morgan fingerprint density at radius 2 is 2.05 bits per heavy atom. The van der Waals surface area contributed by atoms with E-state index >= 15 is 0 Å². The highest BCUT2D eigenvalue weighted by Gasteiger charge is 2.46. The van der Waals surface area contributed by atoms with Crippen LogP contribution >= 0.6 is 0 Å². The van der Waals surface area contributed by atoms with E-state index in [1.54, 1.807) is 6.92 Å². The molecule has 2 fully saturated rings. The van der Waals surface area contributed by atoms with Crippen LogP contribution in [-0.4, -0.2) is 55.4 Å². The fraction of sp³-hybridized carbons (Fsp3) is 0.923. The van der Waals surface area contributed by atoms with E-state index in [-0.39, 0.29) is 5.92 Å². The highest BCUT2D eigenvalue weighted by Crippen LogP contribution is 2.35. The van der Waals surface area contributed by atoms with Crippen LogP contribution in [0.3, 0.4) is 0 Å². The topological polar surface area (TPSA) is 83.9 Å². The summed E-state index contributed by atoms with van der Waals surface area (Å²) in [5, 5.41) is 8.92. The van der Waals surface area contributed by atoms with E-state index in [4.69, 9.17) is 4.74 Å². The maximum absolute atomic E-state index is 12.7. The lowest BCUT2D eigenvalue weighted by atomic mass is 10.0. The Labute approximate surface area is 120 Å². The number of nitrogens with zero attached hydrogens (tertiary/aromatic N) is 1. The van der Waals surface area contributed by atoms with E-state index in [1.807, 2.05) is 0 Å². The minimum Gasteiger partial charge on any atom is -0.469 e. The number of aliphatic hydroxyl groups is 1. The molecular formula is C13H23NO5S. The summed E-state index contributed by atoms with van der Waals surface area (Å²) in [4.78, 5) is 11.7. The van der Waals surface area contributed by atoms with Crippen LogP contribution in [-0.2, 0) is 19.6 Å². The van der Waals surface area contributed by atoms with Gasteiger partial charge < -0.3 is 9.84 Å². The number of sulfonamides is 1. The molecule has 1 N–H and O–H groups in total. The first-order valence-corrected chi connectivity index (χ1v) is 8.63. The molecule has 116 valence electrons. The van der Waals surface area contributed by atoms with Crippen LogP contribution in [0.1, 0.15) is 32.6 Å². The Hall–Kier alpha value is -0.660. The summed E-state index contributed by atoms with van der Waals surface area (Å²) in [5.41, 5.74) is 0. The Balaban J connectivity index is 2.12. The van der Waals surface area contributed by atoms with Gasteiger partial charge in [-0.1, -0.05) is 6.42 Å². The predicted molar refractivity (Wildman–Crippen MR) is 73.4 cm³/mol. The molecule has 20 heavy (non-hydrogen) atoms. The van der Waals surface area contributed by atoms with Crippen molar-refractivity contribution < 1.29 is 23.1 Å². The average molecular weight is 305 g/mol. The largest absolute Gasteiger partial charge is 0.469 e. The third-order valence-electron chi connectivity index (χ3n) is 4.57. The summed E-state index contributed by atoms with van der Waals surface area (Å²) in [6.45, 7) is 2.47. The standard InChI is InChI=1S/C13H23NO5S/c1-9(15)10-6-7-14(8-10)20(17,18)12-5-3-4-11(12)13(16)19-2/h9-12,15H,3-8H2,1-2H3. The molecule has 1 saturated carbocycles. The first-order chi connectivity index (χ1) is 9.37. The SMILES string of the molecule is COC(=O)C1CCCC1S(=O)(=O)N1CCC(C(C)O)C1. The number of rotatable bonds is 4. The maximum atomic E-state index is 12.7. The summed E-state index contributed by atoms with van der Waals surface area (Å²) in [7, 11) is -2.19. The summed E-state index contributed by atoms with van der Waals surface area (Å²) >= 11 is 0. The number of methoxy groups -OCH3 is 1. The molecule has 7 heteroatoms. The Morgan fingerprint density at radius 3 is 2.60 bits per heavy atom. The lowest BCUT2D eigenvalue weighted by Gasteiger charge is -2.24. The van der Waals surface area contributed by atoms with Gasteiger partial charge in [-0.15, -0.1) is 0 Å². The van der Waals surface area contributed by atoms with Gasteiger partial charge in [-0.2, -0.15) is 0 Å². The highest BCUT2D eigenvalue weighted by atomic mass is 32.2. The quantitative estimate of drug-likeness (QED) is 0.758. The summed E-state index contributed by atoms with van der Waals surface area (Å²) in [6.07, 6.45) is 1.99. The molecule has 1 saturated heterocycles. The maximum Gasteiger partial charge on any atom is 0.310 e. The van der Waals surface area contributed by atoms with Crippen molar-refractivity contribution in [3.8, 4) is 0 Å². The third-order valence-corrected chi connectivity index (χ3v) is 6.95. The van der Waals surface area contributed by atoms with Gasteiger partial charge in [0.2, 0.25) is 10.0 Å². The van der Waals surface area contributed by atoms with E-state index in [9.17, 15) is 18.3 Å². The minimum atomic E-state index is -3.49. The van der Waals surface area contributed by atoms with Gasteiger partial charge in [-0.25, -0.2) is 12.7 Å². The molecule has 6 nitrogen and oxygen atoms in total. The number of hydrogen-bond acceptors (Lipinski definition) is 5. The normalized spacial score (nSPS) is 33.2. The molecule has 4 atom stereocenters. The van der Waals surface area contributed by atoms with Gasteiger partial charge in [0, 0.05) is 13.1 Å². The third kappa shape index (κ3) is 2.84. The van der Waals surface area contributed by atoms with Crippen LogP contribution < -0.4 is 0 Å². The molecule has 1 aliphatic heterocycles. The molecule has 1 heterocycles. The number of carbonyl (C=O) groups is 1. The fourth-order valence-corrected chi connectivity index (χ4v) is 5.54. The van der Waals surface area contributed by atoms with E-state index in [0.29, 0.717) is 32.4 Å². The zero-order valence-corrected chi connectivity index (χ0v) is 12.8. The second kappa shape index (κ2) is 5.99. The van der Waals surface area contributed by atoms with Crippen LogP contribution in [0, 0.1) is 11.8 Å². The van der Waals surface area contributed by atoms with Crippen LogP contribution in [0.25, 0.3) is 0 Å². The molecule has 0 aromatic heterocycles. The predicted octanol–water partition coefficient (Wildman–Crippen LogP) is 0.361. The van der Waals surface area contributed by atoms with Crippen molar-refractivity contribution in [1.82, 2.24) is 4.31 Å². The van der Waals surface area contributed by atoms with E-state index < -0.39 is 33.3 Å². The van der Waals surface area contributed by atoms with Gasteiger partial charge in [0.25, 0.3) is 0 Å². The minimum absolute atomic E-state index is 0.0113. The first-order valence-electron chi connectivity index (χ1n) is 7.12. The Kier molecular flexibility index (Phi) is 4.71. The molecule has 0 aromatic rings. The van der Waals surface area contributed by atoms with Crippen LogP contribution in [0.4, 0.5) is 0 Å². The highest BCUT2D eigenvalue weighted by molar-refractivity contribution is 7.89. The fourth-order valence-electron chi connectivity index (χ4n) is 3.27. The van der Waals surface area contributed by atoms with Crippen molar-refractivity contribution in [2.45, 2.75) is 44.0 Å². The van der Waals surface area contributed by atoms with Crippen molar-refractivity contribution in [3.05, 3.63) is 0 Å². The molecule has 2 rings (SSSR count). The average Bonchev–Trinajstić information content (AvgIpc) is 3.06. The summed E-state index contributed by atoms with van der Waals surface area (Å²) < 4.78 is 31.5. The van der Waals surface area contributed by atoms with Crippen molar-refractivity contribution in [2.24, 2.45) is 11.8 Å². The zero-order chi connectivity index (χ0) is 14.9. The Morgan fingerprint density at radius 1 is 1.35 bits per heavy atom.